The summed E-state index contributed by atoms with van der Waals surface area (Å²) in [5.41, 5.74) is -0.496. The van der Waals surface area contributed by atoms with Crippen LogP contribution in [0.2, 0.25) is 0 Å². The van der Waals surface area contributed by atoms with Gasteiger partial charge in [-0.05, 0) is 39.3 Å². The van der Waals surface area contributed by atoms with Gasteiger partial charge in [0.2, 0.25) is 0 Å². The first kappa shape index (κ1) is 15.7. The van der Waals surface area contributed by atoms with Gasteiger partial charge in [0.15, 0.2) is 0 Å². The molecule has 1 aliphatic heterocycles. The number of rotatable bonds is 7. The van der Waals surface area contributed by atoms with Gasteiger partial charge in [-0.2, -0.15) is 0 Å². The number of carbonyl (C=O) groups excluding carboxylic acids is 1. The fourth-order valence-corrected chi connectivity index (χ4v) is 3.20. The number of nitrogens with one attached hydrogen (secondary N) is 1. The molecule has 2 aliphatic rings. The first-order valence-corrected chi connectivity index (χ1v) is 7.97. The van der Waals surface area contributed by atoms with Gasteiger partial charge in [0.25, 0.3) is 0 Å². The average molecular weight is 283 g/mol. The van der Waals surface area contributed by atoms with Crippen LogP contribution in [0.4, 0.5) is 0 Å². The van der Waals surface area contributed by atoms with E-state index in [1.807, 2.05) is 14.0 Å². The highest BCUT2D eigenvalue weighted by Crippen LogP contribution is 2.41. The molecule has 0 aromatic heterocycles. The van der Waals surface area contributed by atoms with E-state index in [0.717, 1.165) is 52.1 Å². The molecule has 2 fully saturated rings. The molecule has 0 spiro atoms. The second kappa shape index (κ2) is 6.87. The van der Waals surface area contributed by atoms with Crippen molar-refractivity contribution in [3.05, 3.63) is 0 Å². The van der Waals surface area contributed by atoms with Crippen LogP contribution in [0, 0.1) is 5.92 Å². The highest BCUT2D eigenvalue weighted by atomic mass is 16.5. The van der Waals surface area contributed by atoms with Gasteiger partial charge in [0.05, 0.1) is 6.61 Å². The number of esters is 1. The van der Waals surface area contributed by atoms with E-state index in [-0.39, 0.29) is 5.97 Å². The van der Waals surface area contributed by atoms with Crippen LogP contribution >= 0.6 is 0 Å². The fourth-order valence-electron chi connectivity index (χ4n) is 3.20. The second-order valence-electron chi connectivity index (χ2n) is 5.93. The Hall–Kier alpha value is -0.650. The molecular formula is C15H29N3O2. The third-order valence-corrected chi connectivity index (χ3v) is 4.75. The molecule has 1 saturated heterocycles. The van der Waals surface area contributed by atoms with Crippen LogP contribution in [0.1, 0.15) is 26.7 Å². The first-order valence-electron chi connectivity index (χ1n) is 7.97. The van der Waals surface area contributed by atoms with E-state index < -0.39 is 5.54 Å². The zero-order valence-electron chi connectivity index (χ0n) is 13.2. The van der Waals surface area contributed by atoms with Crippen molar-refractivity contribution < 1.29 is 9.53 Å². The quantitative estimate of drug-likeness (QED) is 0.692. The lowest BCUT2D eigenvalue weighted by molar-refractivity contribution is -0.153. The van der Waals surface area contributed by atoms with E-state index in [0.29, 0.717) is 12.5 Å². The molecule has 1 N–H and O–H groups in total. The van der Waals surface area contributed by atoms with E-state index in [1.165, 1.54) is 0 Å². The Morgan fingerprint density at radius 3 is 2.25 bits per heavy atom. The lowest BCUT2D eigenvalue weighted by Gasteiger charge is -2.40. The number of hydrogen-bond acceptors (Lipinski definition) is 5. The Morgan fingerprint density at radius 1 is 1.20 bits per heavy atom. The van der Waals surface area contributed by atoms with Crippen molar-refractivity contribution in [2.75, 3.05) is 52.9 Å². The van der Waals surface area contributed by atoms with E-state index in [4.69, 9.17) is 4.74 Å². The summed E-state index contributed by atoms with van der Waals surface area (Å²) in [6, 6.07) is 0. The molecule has 1 unspecified atom stereocenters. The summed E-state index contributed by atoms with van der Waals surface area (Å²) >= 11 is 0. The lowest BCUT2D eigenvalue weighted by atomic mass is 9.92. The zero-order valence-corrected chi connectivity index (χ0v) is 13.2. The van der Waals surface area contributed by atoms with Crippen LogP contribution in [0.25, 0.3) is 0 Å². The molecule has 0 amide bonds. The molecule has 0 aromatic rings. The second-order valence-corrected chi connectivity index (χ2v) is 5.93. The molecule has 2 rings (SSSR count). The summed E-state index contributed by atoms with van der Waals surface area (Å²) in [5, 5.41) is 3.30. The van der Waals surface area contributed by atoms with Gasteiger partial charge in [-0.1, -0.05) is 6.92 Å². The van der Waals surface area contributed by atoms with Crippen LogP contribution in [0.3, 0.4) is 0 Å². The predicted octanol–water partition coefficient (Wildman–Crippen LogP) is 0.555. The molecule has 1 heterocycles. The number of piperazine rings is 1. The molecule has 0 bridgehead atoms. The minimum absolute atomic E-state index is 0.0667. The van der Waals surface area contributed by atoms with E-state index in [1.54, 1.807) is 0 Å². The standard InChI is InChI=1S/C15H29N3O2/c1-4-17-8-10-18(11-9-17)12-15(16-3,13-6-7-13)14(19)20-5-2/h13,16H,4-12H2,1-3H3. The third-order valence-electron chi connectivity index (χ3n) is 4.75. The zero-order chi connectivity index (χ0) is 14.6. The number of nitrogens with zero attached hydrogens (tertiary/aromatic N) is 2. The van der Waals surface area contributed by atoms with Gasteiger partial charge >= 0.3 is 5.97 Å². The van der Waals surface area contributed by atoms with Crippen LogP contribution in [0.5, 0.6) is 0 Å². The largest absolute Gasteiger partial charge is 0.465 e. The Labute approximate surface area is 122 Å². The van der Waals surface area contributed by atoms with Gasteiger partial charge in [-0.25, -0.2) is 4.79 Å². The molecule has 0 radical (unpaired) electrons. The number of hydrogen-bond donors (Lipinski definition) is 1. The summed E-state index contributed by atoms with van der Waals surface area (Å²) in [6.07, 6.45) is 2.27. The molecule has 116 valence electrons. The molecule has 5 heteroatoms. The van der Waals surface area contributed by atoms with Gasteiger partial charge in [-0.15, -0.1) is 0 Å². The fraction of sp³-hybridized carbons (Fsp3) is 0.933. The Kier molecular flexibility index (Phi) is 5.41. The van der Waals surface area contributed by atoms with Crippen molar-refractivity contribution in [2.45, 2.75) is 32.2 Å². The summed E-state index contributed by atoms with van der Waals surface area (Å²) in [6.45, 7) is 10.7. The Balaban J connectivity index is 1.99. The van der Waals surface area contributed by atoms with Gasteiger partial charge in [0, 0.05) is 32.7 Å². The monoisotopic (exact) mass is 283 g/mol. The van der Waals surface area contributed by atoms with Gasteiger partial charge in [0.1, 0.15) is 5.54 Å². The maximum absolute atomic E-state index is 12.5. The van der Waals surface area contributed by atoms with Crippen molar-refractivity contribution in [1.82, 2.24) is 15.1 Å². The summed E-state index contributed by atoms with van der Waals surface area (Å²) in [5.74, 6) is 0.374. The summed E-state index contributed by atoms with van der Waals surface area (Å²) in [7, 11) is 1.90. The minimum atomic E-state index is -0.496. The van der Waals surface area contributed by atoms with Gasteiger partial charge < -0.3 is 15.0 Å². The highest BCUT2D eigenvalue weighted by molar-refractivity contribution is 5.82. The maximum Gasteiger partial charge on any atom is 0.327 e. The molecule has 1 aliphatic carbocycles. The van der Waals surface area contributed by atoms with Crippen molar-refractivity contribution in [3.8, 4) is 0 Å². The third kappa shape index (κ3) is 3.32. The summed E-state index contributed by atoms with van der Waals surface area (Å²) in [4.78, 5) is 17.3. The highest BCUT2D eigenvalue weighted by Gasteiger charge is 2.52. The van der Waals surface area contributed by atoms with Gasteiger partial charge in [-0.3, -0.25) is 4.90 Å². The van der Waals surface area contributed by atoms with E-state index in [2.05, 4.69) is 22.0 Å². The molecule has 1 saturated carbocycles. The number of likely N-dealkylation sites (N-methyl/N-ethyl adjacent to an activating group) is 2. The molecule has 20 heavy (non-hydrogen) atoms. The number of ether oxygens (including phenoxy) is 1. The Morgan fingerprint density at radius 2 is 1.80 bits per heavy atom. The smallest absolute Gasteiger partial charge is 0.327 e. The molecule has 5 nitrogen and oxygen atoms in total. The van der Waals surface area contributed by atoms with Crippen LogP contribution in [-0.2, 0) is 9.53 Å². The average Bonchev–Trinajstić information content (AvgIpc) is 3.30. The lowest BCUT2D eigenvalue weighted by Crippen LogP contribution is -2.62. The topological polar surface area (TPSA) is 44.8 Å². The first-order chi connectivity index (χ1) is 9.66. The molecular weight excluding hydrogens is 254 g/mol. The Bertz CT molecular complexity index is 325. The predicted molar refractivity (Wildman–Crippen MR) is 79.7 cm³/mol. The van der Waals surface area contributed by atoms with Crippen molar-refractivity contribution in [3.63, 3.8) is 0 Å². The minimum Gasteiger partial charge on any atom is -0.465 e. The van der Waals surface area contributed by atoms with Crippen LogP contribution in [-0.4, -0.2) is 74.2 Å². The normalized spacial score (nSPS) is 24.4. The van der Waals surface area contributed by atoms with Crippen molar-refractivity contribution in [1.29, 1.82) is 0 Å². The van der Waals surface area contributed by atoms with Crippen molar-refractivity contribution in [2.24, 2.45) is 5.92 Å². The maximum atomic E-state index is 12.5. The van der Waals surface area contributed by atoms with E-state index >= 15 is 0 Å². The van der Waals surface area contributed by atoms with E-state index in [9.17, 15) is 4.79 Å². The molecule has 0 aromatic carbocycles. The molecule has 1 atom stereocenters. The SMILES string of the molecule is CCOC(=O)C(CN1CCN(CC)CC1)(NC)C1CC1. The number of carbonyl (C=O) groups is 1. The van der Waals surface area contributed by atoms with Crippen LogP contribution < -0.4 is 5.32 Å². The van der Waals surface area contributed by atoms with Crippen LogP contribution in [0.15, 0.2) is 0 Å². The summed E-state index contributed by atoms with van der Waals surface area (Å²) < 4.78 is 5.34. The van der Waals surface area contributed by atoms with Crippen molar-refractivity contribution >= 4 is 5.97 Å².